The zero-order valence-corrected chi connectivity index (χ0v) is 19.1. The summed E-state index contributed by atoms with van der Waals surface area (Å²) >= 11 is 0. The zero-order chi connectivity index (χ0) is 22.1. The van der Waals surface area contributed by atoms with Crippen molar-refractivity contribution in [3.05, 3.63) is 53.6 Å². The lowest BCUT2D eigenvalue weighted by atomic mass is 10.1. The SMILES string of the molecule is COc1ccccc1CN(C)Cc1ccc(OCC(O)CN(C)C(C)C)c(OC)c1. The lowest BCUT2D eigenvalue weighted by Crippen LogP contribution is -2.36. The number of para-hydroxylation sites is 1. The Morgan fingerprint density at radius 3 is 2.27 bits per heavy atom. The molecule has 1 unspecified atom stereocenters. The minimum absolute atomic E-state index is 0.223. The highest BCUT2D eigenvalue weighted by Gasteiger charge is 2.14. The van der Waals surface area contributed by atoms with Gasteiger partial charge in [-0.1, -0.05) is 24.3 Å². The van der Waals surface area contributed by atoms with Crippen molar-refractivity contribution in [2.24, 2.45) is 0 Å². The fraction of sp³-hybridized carbons (Fsp3) is 0.500. The maximum absolute atomic E-state index is 10.2. The molecule has 0 aromatic heterocycles. The van der Waals surface area contributed by atoms with Gasteiger partial charge in [0.2, 0.25) is 0 Å². The fourth-order valence-electron chi connectivity index (χ4n) is 3.20. The molecule has 0 bridgehead atoms. The number of aliphatic hydroxyl groups excluding tert-OH is 1. The van der Waals surface area contributed by atoms with Crippen LogP contribution in [0.15, 0.2) is 42.5 Å². The van der Waals surface area contributed by atoms with Gasteiger partial charge in [0.1, 0.15) is 18.5 Å². The first-order valence-electron chi connectivity index (χ1n) is 10.3. The Balaban J connectivity index is 1.96. The van der Waals surface area contributed by atoms with Crippen LogP contribution in [0.3, 0.4) is 0 Å². The second-order valence-electron chi connectivity index (χ2n) is 7.97. The van der Waals surface area contributed by atoms with Crippen molar-refractivity contribution in [1.82, 2.24) is 9.80 Å². The molecule has 166 valence electrons. The van der Waals surface area contributed by atoms with Crippen molar-refractivity contribution >= 4 is 0 Å². The van der Waals surface area contributed by atoms with Crippen LogP contribution in [0.1, 0.15) is 25.0 Å². The third kappa shape index (κ3) is 7.20. The van der Waals surface area contributed by atoms with Crippen LogP contribution in [-0.4, -0.2) is 68.5 Å². The first kappa shape index (κ1) is 24.0. The van der Waals surface area contributed by atoms with E-state index in [2.05, 4.69) is 36.8 Å². The summed E-state index contributed by atoms with van der Waals surface area (Å²) in [5.41, 5.74) is 2.27. The van der Waals surface area contributed by atoms with Gasteiger partial charge in [-0.25, -0.2) is 0 Å². The number of likely N-dealkylation sites (N-methyl/N-ethyl adjacent to an activating group) is 1. The molecule has 0 aliphatic rings. The van der Waals surface area contributed by atoms with Crippen LogP contribution >= 0.6 is 0 Å². The Labute approximate surface area is 181 Å². The molecule has 0 fully saturated rings. The van der Waals surface area contributed by atoms with E-state index in [9.17, 15) is 5.11 Å². The van der Waals surface area contributed by atoms with E-state index in [-0.39, 0.29) is 6.61 Å². The molecule has 1 atom stereocenters. The van der Waals surface area contributed by atoms with E-state index in [0.29, 0.717) is 24.1 Å². The number of aliphatic hydroxyl groups is 1. The molecule has 0 saturated heterocycles. The maximum atomic E-state index is 10.2. The molecule has 6 heteroatoms. The quantitative estimate of drug-likeness (QED) is 0.572. The van der Waals surface area contributed by atoms with Gasteiger partial charge in [-0.05, 0) is 51.7 Å². The average Bonchev–Trinajstić information content (AvgIpc) is 2.72. The smallest absolute Gasteiger partial charge is 0.161 e. The molecule has 0 aliphatic carbocycles. The lowest BCUT2D eigenvalue weighted by Gasteiger charge is -2.24. The third-order valence-electron chi connectivity index (χ3n) is 5.12. The number of benzene rings is 2. The van der Waals surface area contributed by atoms with Gasteiger partial charge in [0.05, 0.1) is 14.2 Å². The van der Waals surface area contributed by atoms with Crippen LogP contribution in [0.2, 0.25) is 0 Å². The highest BCUT2D eigenvalue weighted by molar-refractivity contribution is 5.43. The predicted molar refractivity (Wildman–Crippen MR) is 120 cm³/mol. The molecule has 2 aromatic rings. The molecule has 0 amide bonds. The topological polar surface area (TPSA) is 54.4 Å². The summed E-state index contributed by atoms with van der Waals surface area (Å²) in [7, 11) is 7.39. The molecule has 2 rings (SSSR count). The molecule has 6 nitrogen and oxygen atoms in total. The maximum Gasteiger partial charge on any atom is 0.161 e. The molecule has 0 aliphatic heterocycles. The van der Waals surface area contributed by atoms with Crippen LogP contribution in [0.25, 0.3) is 0 Å². The second kappa shape index (κ2) is 11.8. The molecule has 0 heterocycles. The highest BCUT2D eigenvalue weighted by atomic mass is 16.5. The summed E-state index contributed by atoms with van der Waals surface area (Å²) in [6.45, 7) is 6.52. The highest BCUT2D eigenvalue weighted by Crippen LogP contribution is 2.29. The average molecular weight is 417 g/mol. The fourth-order valence-corrected chi connectivity index (χ4v) is 3.20. The van der Waals surface area contributed by atoms with Gasteiger partial charge >= 0.3 is 0 Å². The van der Waals surface area contributed by atoms with Crippen LogP contribution in [0, 0.1) is 0 Å². The second-order valence-corrected chi connectivity index (χ2v) is 7.97. The van der Waals surface area contributed by atoms with Crippen LogP contribution < -0.4 is 14.2 Å². The molecule has 1 N–H and O–H groups in total. The molecular formula is C24H36N2O4. The number of ether oxygens (including phenoxy) is 3. The first-order chi connectivity index (χ1) is 14.3. The summed E-state index contributed by atoms with van der Waals surface area (Å²) in [6.07, 6.45) is -0.561. The molecule has 0 radical (unpaired) electrons. The molecule has 0 spiro atoms. The Morgan fingerprint density at radius 1 is 0.900 bits per heavy atom. The molecular weight excluding hydrogens is 380 g/mol. The van der Waals surface area contributed by atoms with E-state index in [1.807, 2.05) is 43.4 Å². The summed E-state index contributed by atoms with van der Waals surface area (Å²) in [6, 6.07) is 14.4. The van der Waals surface area contributed by atoms with E-state index in [4.69, 9.17) is 14.2 Å². The summed E-state index contributed by atoms with van der Waals surface area (Å²) < 4.78 is 16.8. The van der Waals surface area contributed by atoms with E-state index in [1.54, 1.807) is 14.2 Å². The van der Waals surface area contributed by atoms with E-state index >= 15 is 0 Å². The van der Waals surface area contributed by atoms with Crippen molar-refractivity contribution in [2.45, 2.75) is 39.1 Å². The van der Waals surface area contributed by atoms with Crippen molar-refractivity contribution in [2.75, 3.05) is 41.5 Å². The van der Waals surface area contributed by atoms with Gasteiger partial charge in [0, 0.05) is 31.2 Å². The number of methoxy groups -OCH3 is 2. The van der Waals surface area contributed by atoms with Crippen molar-refractivity contribution in [1.29, 1.82) is 0 Å². The number of hydrogen-bond acceptors (Lipinski definition) is 6. The van der Waals surface area contributed by atoms with E-state index in [1.165, 1.54) is 0 Å². The Bertz CT molecular complexity index is 782. The third-order valence-corrected chi connectivity index (χ3v) is 5.12. The van der Waals surface area contributed by atoms with E-state index < -0.39 is 6.10 Å². The van der Waals surface area contributed by atoms with Gasteiger partial charge in [-0.15, -0.1) is 0 Å². The number of nitrogens with zero attached hydrogens (tertiary/aromatic N) is 2. The van der Waals surface area contributed by atoms with Gasteiger partial charge in [-0.3, -0.25) is 4.90 Å². The zero-order valence-electron chi connectivity index (χ0n) is 19.1. The standard InChI is InChI=1S/C24H36N2O4/c1-18(2)26(4)16-21(27)17-30-23-12-11-19(13-24(23)29-6)14-25(3)15-20-9-7-8-10-22(20)28-5/h7-13,18,21,27H,14-17H2,1-6H3. The minimum atomic E-state index is -0.561. The van der Waals surface area contributed by atoms with Crippen LogP contribution in [-0.2, 0) is 13.1 Å². The van der Waals surface area contributed by atoms with Gasteiger partial charge < -0.3 is 24.2 Å². The molecule has 0 saturated carbocycles. The van der Waals surface area contributed by atoms with E-state index in [0.717, 1.165) is 30.0 Å². The van der Waals surface area contributed by atoms with Crippen LogP contribution in [0.5, 0.6) is 17.2 Å². The monoisotopic (exact) mass is 416 g/mol. The number of hydrogen-bond donors (Lipinski definition) is 1. The lowest BCUT2D eigenvalue weighted by molar-refractivity contribution is 0.0668. The Hall–Kier alpha value is -2.28. The number of rotatable bonds is 12. The molecule has 30 heavy (non-hydrogen) atoms. The van der Waals surface area contributed by atoms with Gasteiger partial charge in [0.25, 0.3) is 0 Å². The van der Waals surface area contributed by atoms with Crippen LogP contribution in [0.4, 0.5) is 0 Å². The van der Waals surface area contributed by atoms with Gasteiger partial charge in [-0.2, -0.15) is 0 Å². The summed E-state index contributed by atoms with van der Waals surface area (Å²) in [5.74, 6) is 2.20. The summed E-state index contributed by atoms with van der Waals surface area (Å²) in [5, 5.41) is 10.2. The van der Waals surface area contributed by atoms with Crippen molar-refractivity contribution < 1.29 is 19.3 Å². The Kier molecular flexibility index (Phi) is 9.43. The Morgan fingerprint density at radius 2 is 1.60 bits per heavy atom. The van der Waals surface area contributed by atoms with Gasteiger partial charge in [0.15, 0.2) is 11.5 Å². The normalized spacial score (nSPS) is 12.5. The largest absolute Gasteiger partial charge is 0.496 e. The summed E-state index contributed by atoms with van der Waals surface area (Å²) in [4.78, 5) is 4.31. The van der Waals surface area contributed by atoms with Crippen molar-refractivity contribution in [3.63, 3.8) is 0 Å². The predicted octanol–water partition coefficient (Wildman–Crippen LogP) is 3.42. The molecule has 2 aromatic carbocycles. The van der Waals surface area contributed by atoms with Crippen molar-refractivity contribution in [3.8, 4) is 17.2 Å². The minimum Gasteiger partial charge on any atom is -0.496 e. The first-order valence-corrected chi connectivity index (χ1v) is 10.3.